The molecule has 0 saturated carbocycles. The van der Waals surface area contributed by atoms with Gasteiger partial charge in [0, 0.05) is 16.6 Å². The number of anilines is 1. The van der Waals surface area contributed by atoms with Crippen LogP contribution >= 0.6 is 0 Å². The van der Waals surface area contributed by atoms with Crippen LogP contribution in [0.25, 0.3) is 11.0 Å². The Kier molecular flexibility index (Phi) is 6.71. The largest absolute Gasteiger partial charge is 0.496 e. The molecule has 1 amide bonds. The number of rotatable bonds is 8. The quantitative estimate of drug-likeness (QED) is 0.474. The summed E-state index contributed by atoms with van der Waals surface area (Å²) in [5, 5.41) is 12.2. The Labute approximate surface area is 178 Å². The maximum Gasteiger partial charge on any atom is 0.349 e. The molecule has 8 nitrogen and oxygen atoms in total. The Morgan fingerprint density at radius 3 is 2.52 bits per heavy atom. The van der Waals surface area contributed by atoms with E-state index in [9.17, 15) is 14.4 Å². The van der Waals surface area contributed by atoms with E-state index in [2.05, 4.69) is 5.32 Å². The lowest BCUT2D eigenvalue weighted by molar-refractivity contribution is -0.138. The molecule has 1 atom stereocenters. The third-order valence-electron chi connectivity index (χ3n) is 4.91. The van der Waals surface area contributed by atoms with Crippen molar-refractivity contribution in [1.82, 2.24) is 0 Å². The van der Waals surface area contributed by atoms with Crippen molar-refractivity contribution in [2.75, 3.05) is 12.4 Å². The molecule has 0 fully saturated rings. The van der Waals surface area contributed by atoms with Crippen molar-refractivity contribution in [2.45, 2.75) is 32.2 Å². The van der Waals surface area contributed by atoms with Gasteiger partial charge < -0.3 is 25.3 Å². The first kappa shape index (κ1) is 22.0. The predicted octanol–water partition coefficient (Wildman–Crippen LogP) is 2.96. The summed E-state index contributed by atoms with van der Waals surface area (Å²) in [6.07, 6.45) is 1.68. The van der Waals surface area contributed by atoms with Crippen LogP contribution < -0.4 is 21.4 Å². The highest BCUT2D eigenvalue weighted by Crippen LogP contribution is 2.29. The number of fused-ring (bicyclic) bond motifs is 1. The molecule has 2 aromatic carbocycles. The molecule has 0 unspecified atom stereocenters. The van der Waals surface area contributed by atoms with Gasteiger partial charge in [0.1, 0.15) is 22.9 Å². The van der Waals surface area contributed by atoms with Gasteiger partial charge in [-0.15, -0.1) is 0 Å². The molecular formula is C23H24N2O6. The average Bonchev–Trinajstić information content (AvgIpc) is 2.75. The maximum absolute atomic E-state index is 12.7. The first-order valence-electron chi connectivity index (χ1n) is 9.86. The summed E-state index contributed by atoms with van der Waals surface area (Å²) in [5.74, 6) is -1.05. The number of methoxy groups -OCH3 is 1. The van der Waals surface area contributed by atoms with E-state index >= 15 is 0 Å². The molecule has 0 aliphatic rings. The molecule has 1 heterocycles. The molecular weight excluding hydrogens is 400 g/mol. The second-order valence-corrected chi connectivity index (χ2v) is 7.16. The van der Waals surface area contributed by atoms with Crippen LogP contribution in [0.2, 0.25) is 0 Å². The zero-order chi connectivity index (χ0) is 22.5. The number of benzene rings is 2. The van der Waals surface area contributed by atoms with Crippen molar-refractivity contribution in [3.05, 3.63) is 69.6 Å². The number of ether oxygens (including phenoxy) is 1. The predicted molar refractivity (Wildman–Crippen MR) is 117 cm³/mol. The summed E-state index contributed by atoms with van der Waals surface area (Å²) in [7, 11) is 1.56. The molecule has 0 aliphatic heterocycles. The number of amides is 1. The highest BCUT2D eigenvalue weighted by atomic mass is 16.5. The molecule has 3 rings (SSSR count). The van der Waals surface area contributed by atoms with Crippen molar-refractivity contribution < 1.29 is 23.8 Å². The lowest BCUT2D eigenvalue weighted by atomic mass is 10.0. The number of hydrogen-bond acceptors (Lipinski definition) is 6. The molecule has 0 spiro atoms. The van der Waals surface area contributed by atoms with Gasteiger partial charge in [0.25, 0.3) is 5.91 Å². The fraction of sp³-hybridized carbons (Fsp3) is 0.261. The second kappa shape index (κ2) is 9.44. The molecule has 8 heteroatoms. The van der Waals surface area contributed by atoms with E-state index < -0.39 is 23.5 Å². The van der Waals surface area contributed by atoms with Crippen LogP contribution in [0, 0.1) is 0 Å². The van der Waals surface area contributed by atoms with Crippen LogP contribution in [0.1, 0.15) is 34.8 Å². The van der Waals surface area contributed by atoms with E-state index in [0.717, 1.165) is 17.5 Å². The third kappa shape index (κ3) is 4.92. The topological polar surface area (TPSA) is 132 Å². The number of carboxylic acids is 1. The fourth-order valence-electron chi connectivity index (χ4n) is 3.32. The van der Waals surface area contributed by atoms with Gasteiger partial charge in [-0.3, -0.25) is 9.59 Å². The van der Waals surface area contributed by atoms with Crippen LogP contribution in [0.3, 0.4) is 0 Å². The standard InChI is InChI=1S/C23H24N2O6/c1-3-4-16-19(30-2)10-7-14-12-17(23(29)31-20(14)16)21(26)25-15-8-5-13(6-9-15)11-18(24)22(27)28/h5-10,12,18H,3-4,11,24H2,1-2H3,(H,25,26)(H,27,28)/t18-/m0/s1. The van der Waals surface area contributed by atoms with E-state index in [1.165, 1.54) is 6.07 Å². The number of hydrogen-bond donors (Lipinski definition) is 3. The number of nitrogens with two attached hydrogens (primary N) is 1. The highest BCUT2D eigenvalue weighted by Gasteiger charge is 2.18. The zero-order valence-corrected chi connectivity index (χ0v) is 17.3. The van der Waals surface area contributed by atoms with Crippen LogP contribution in [-0.2, 0) is 17.6 Å². The minimum Gasteiger partial charge on any atom is -0.496 e. The number of nitrogens with one attached hydrogen (secondary N) is 1. The molecule has 3 aromatic rings. The number of aliphatic carboxylic acids is 1. The van der Waals surface area contributed by atoms with Gasteiger partial charge in [0.2, 0.25) is 0 Å². The number of carboxylic acid groups (broad SMARTS) is 1. The molecule has 0 aliphatic carbocycles. The van der Waals surface area contributed by atoms with Crippen molar-refractivity contribution in [3.63, 3.8) is 0 Å². The second-order valence-electron chi connectivity index (χ2n) is 7.16. The minimum absolute atomic E-state index is 0.114. The summed E-state index contributed by atoms with van der Waals surface area (Å²) in [6, 6.07) is 10.6. The Bertz CT molecular complexity index is 1170. The Morgan fingerprint density at radius 2 is 1.90 bits per heavy atom. The Balaban J connectivity index is 1.85. The summed E-state index contributed by atoms with van der Waals surface area (Å²) < 4.78 is 10.9. The van der Waals surface area contributed by atoms with Gasteiger partial charge in [0.15, 0.2) is 0 Å². The van der Waals surface area contributed by atoms with Gasteiger partial charge in [0.05, 0.1) is 7.11 Å². The van der Waals surface area contributed by atoms with E-state index in [1.54, 1.807) is 43.5 Å². The van der Waals surface area contributed by atoms with E-state index in [4.69, 9.17) is 20.0 Å². The van der Waals surface area contributed by atoms with Gasteiger partial charge in [-0.05, 0) is 48.7 Å². The summed E-state index contributed by atoms with van der Waals surface area (Å²) in [5.41, 5.74) is 7.07. The van der Waals surface area contributed by atoms with Gasteiger partial charge in [-0.2, -0.15) is 0 Å². The Morgan fingerprint density at radius 1 is 1.19 bits per heavy atom. The summed E-state index contributed by atoms with van der Waals surface area (Å²) in [6.45, 7) is 2.01. The third-order valence-corrected chi connectivity index (χ3v) is 4.91. The Hall–Kier alpha value is -3.65. The van der Waals surface area contributed by atoms with Crippen molar-refractivity contribution in [2.24, 2.45) is 5.73 Å². The molecule has 1 aromatic heterocycles. The van der Waals surface area contributed by atoms with Gasteiger partial charge in [-0.25, -0.2) is 4.79 Å². The molecule has 0 bridgehead atoms. The first-order valence-corrected chi connectivity index (χ1v) is 9.86. The van der Waals surface area contributed by atoms with E-state index in [0.29, 0.717) is 28.8 Å². The first-order chi connectivity index (χ1) is 14.8. The lowest BCUT2D eigenvalue weighted by Crippen LogP contribution is -2.32. The monoisotopic (exact) mass is 424 g/mol. The lowest BCUT2D eigenvalue weighted by Gasteiger charge is -2.11. The van der Waals surface area contributed by atoms with Crippen LogP contribution in [0.15, 0.2) is 51.7 Å². The maximum atomic E-state index is 12.7. The van der Waals surface area contributed by atoms with Gasteiger partial charge >= 0.3 is 11.6 Å². The molecule has 31 heavy (non-hydrogen) atoms. The number of aryl methyl sites for hydroxylation is 1. The van der Waals surface area contributed by atoms with Gasteiger partial charge in [-0.1, -0.05) is 25.5 Å². The number of carbonyl (C=O) groups excluding carboxylic acids is 1. The minimum atomic E-state index is -1.08. The van der Waals surface area contributed by atoms with Crippen LogP contribution in [-0.4, -0.2) is 30.1 Å². The highest BCUT2D eigenvalue weighted by molar-refractivity contribution is 6.05. The fourth-order valence-corrected chi connectivity index (χ4v) is 3.32. The normalized spacial score (nSPS) is 11.8. The SMILES string of the molecule is CCCc1c(OC)ccc2cc(C(=O)Nc3ccc(C[C@H](N)C(=O)O)cc3)c(=O)oc12. The van der Waals surface area contributed by atoms with Crippen molar-refractivity contribution >= 4 is 28.5 Å². The molecule has 4 N–H and O–H groups in total. The smallest absolute Gasteiger partial charge is 0.349 e. The summed E-state index contributed by atoms with van der Waals surface area (Å²) >= 11 is 0. The van der Waals surface area contributed by atoms with Crippen LogP contribution in [0.4, 0.5) is 5.69 Å². The van der Waals surface area contributed by atoms with E-state index in [1.807, 2.05) is 6.92 Å². The van der Waals surface area contributed by atoms with E-state index in [-0.39, 0.29) is 12.0 Å². The average molecular weight is 424 g/mol. The number of carbonyl (C=O) groups is 2. The summed E-state index contributed by atoms with van der Waals surface area (Å²) in [4.78, 5) is 36.1. The van der Waals surface area contributed by atoms with Crippen molar-refractivity contribution in [3.8, 4) is 5.75 Å². The van der Waals surface area contributed by atoms with Crippen LogP contribution in [0.5, 0.6) is 5.75 Å². The molecule has 162 valence electrons. The molecule has 0 radical (unpaired) electrons. The molecule has 0 saturated heterocycles. The zero-order valence-electron chi connectivity index (χ0n) is 17.3. The van der Waals surface area contributed by atoms with Crippen molar-refractivity contribution in [1.29, 1.82) is 0 Å².